The van der Waals surface area contributed by atoms with Crippen LogP contribution >= 0.6 is 0 Å². The van der Waals surface area contributed by atoms with Crippen molar-refractivity contribution in [2.45, 2.75) is 71.3 Å². The molecule has 2 nitrogen and oxygen atoms in total. The molecule has 2 aromatic rings. The Balaban J connectivity index is 1.68. The van der Waals surface area contributed by atoms with Gasteiger partial charge in [0.1, 0.15) is 5.75 Å². The van der Waals surface area contributed by atoms with Gasteiger partial charge in [-0.1, -0.05) is 88.4 Å². The Bertz CT molecular complexity index is 593. The molecule has 27 heavy (non-hydrogen) atoms. The maximum Gasteiger partial charge on any atom is 0.119 e. The lowest BCUT2D eigenvalue weighted by Gasteiger charge is -2.18. The normalized spacial score (nSPS) is 12.1. The molecule has 0 aliphatic heterocycles. The third kappa shape index (κ3) is 8.62. The van der Waals surface area contributed by atoms with Gasteiger partial charge in [0.05, 0.1) is 6.61 Å². The molecule has 0 saturated heterocycles. The Hall–Kier alpha value is -1.80. The highest BCUT2D eigenvalue weighted by atomic mass is 16.5. The van der Waals surface area contributed by atoms with Crippen LogP contribution in [0.15, 0.2) is 54.6 Å². The molecule has 148 valence electrons. The highest BCUT2D eigenvalue weighted by Gasteiger charge is 2.08. The van der Waals surface area contributed by atoms with Gasteiger partial charge < -0.3 is 10.1 Å². The number of benzene rings is 2. The Morgan fingerprint density at radius 1 is 0.815 bits per heavy atom. The van der Waals surface area contributed by atoms with E-state index in [2.05, 4.69) is 67.7 Å². The molecule has 0 radical (unpaired) electrons. The smallest absolute Gasteiger partial charge is 0.119 e. The Labute approximate surface area is 166 Å². The standard InChI is InChI=1S/C25H37NO/c1-3-5-6-7-8-12-20-26-25(4-2)23-15-17-24(18-16-23)27-21-19-22-13-10-9-11-14-22/h9-11,13-18,25-26H,3-8,12,19-21H2,1-2H3. The molecule has 2 heteroatoms. The fraction of sp³-hybridized carbons (Fsp3) is 0.520. The number of nitrogens with one attached hydrogen (secondary N) is 1. The van der Waals surface area contributed by atoms with Crippen LogP contribution in [0.4, 0.5) is 0 Å². The summed E-state index contributed by atoms with van der Waals surface area (Å²) in [5.74, 6) is 0.959. The average molecular weight is 368 g/mol. The molecular formula is C25H37NO. The molecule has 0 saturated carbocycles. The highest BCUT2D eigenvalue weighted by Crippen LogP contribution is 2.20. The van der Waals surface area contributed by atoms with Crippen molar-refractivity contribution in [2.75, 3.05) is 13.2 Å². The third-order valence-electron chi connectivity index (χ3n) is 5.11. The van der Waals surface area contributed by atoms with Gasteiger partial charge >= 0.3 is 0 Å². The van der Waals surface area contributed by atoms with E-state index in [1.54, 1.807) is 0 Å². The topological polar surface area (TPSA) is 21.3 Å². The molecule has 0 aliphatic rings. The van der Waals surface area contributed by atoms with Crippen molar-refractivity contribution in [3.63, 3.8) is 0 Å². The molecule has 2 aromatic carbocycles. The van der Waals surface area contributed by atoms with Crippen molar-refractivity contribution < 1.29 is 4.74 Å². The molecule has 0 fully saturated rings. The van der Waals surface area contributed by atoms with Crippen LogP contribution in [0.5, 0.6) is 5.75 Å². The van der Waals surface area contributed by atoms with E-state index < -0.39 is 0 Å². The van der Waals surface area contributed by atoms with Crippen LogP contribution < -0.4 is 10.1 Å². The SMILES string of the molecule is CCCCCCCCNC(CC)c1ccc(OCCc2ccccc2)cc1. The molecule has 1 atom stereocenters. The van der Waals surface area contributed by atoms with Crippen LogP contribution in [0.25, 0.3) is 0 Å². The van der Waals surface area contributed by atoms with Crippen molar-refractivity contribution in [1.29, 1.82) is 0 Å². The van der Waals surface area contributed by atoms with Crippen LogP contribution in [-0.4, -0.2) is 13.2 Å². The number of rotatable bonds is 14. The lowest BCUT2D eigenvalue weighted by Crippen LogP contribution is -2.21. The number of hydrogen-bond acceptors (Lipinski definition) is 2. The summed E-state index contributed by atoms with van der Waals surface area (Å²) in [5.41, 5.74) is 2.68. The molecule has 0 amide bonds. The second-order valence-electron chi connectivity index (χ2n) is 7.34. The minimum atomic E-state index is 0.444. The van der Waals surface area contributed by atoms with Gasteiger partial charge in [0, 0.05) is 12.5 Å². The molecule has 1 unspecified atom stereocenters. The Morgan fingerprint density at radius 3 is 2.22 bits per heavy atom. The second-order valence-corrected chi connectivity index (χ2v) is 7.34. The zero-order valence-electron chi connectivity index (χ0n) is 17.3. The van der Waals surface area contributed by atoms with Gasteiger partial charge in [-0.25, -0.2) is 0 Å². The Kier molecular flexibility index (Phi) is 10.7. The summed E-state index contributed by atoms with van der Waals surface area (Å²) < 4.78 is 5.90. The summed E-state index contributed by atoms with van der Waals surface area (Å²) in [6.45, 7) is 6.35. The minimum absolute atomic E-state index is 0.444. The zero-order valence-corrected chi connectivity index (χ0v) is 17.3. The van der Waals surface area contributed by atoms with Crippen LogP contribution in [0.3, 0.4) is 0 Å². The first kappa shape index (κ1) is 21.5. The summed E-state index contributed by atoms with van der Waals surface area (Å²) in [6, 6.07) is 19.6. The minimum Gasteiger partial charge on any atom is -0.493 e. The number of hydrogen-bond donors (Lipinski definition) is 1. The van der Waals surface area contributed by atoms with E-state index in [4.69, 9.17) is 4.74 Å². The lowest BCUT2D eigenvalue weighted by molar-refractivity contribution is 0.321. The van der Waals surface area contributed by atoms with Crippen LogP contribution in [-0.2, 0) is 6.42 Å². The molecule has 0 spiro atoms. The zero-order chi connectivity index (χ0) is 19.2. The van der Waals surface area contributed by atoms with Gasteiger partial charge in [0.15, 0.2) is 0 Å². The van der Waals surface area contributed by atoms with Gasteiger partial charge in [0.25, 0.3) is 0 Å². The molecule has 0 aromatic heterocycles. The van der Waals surface area contributed by atoms with E-state index in [9.17, 15) is 0 Å². The third-order valence-corrected chi connectivity index (χ3v) is 5.11. The molecule has 0 heterocycles. The molecule has 0 bridgehead atoms. The predicted molar refractivity (Wildman–Crippen MR) is 116 cm³/mol. The summed E-state index contributed by atoms with van der Waals surface area (Å²) in [7, 11) is 0. The van der Waals surface area contributed by atoms with Crippen molar-refractivity contribution >= 4 is 0 Å². The van der Waals surface area contributed by atoms with Gasteiger partial charge in [0.2, 0.25) is 0 Å². The average Bonchev–Trinajstić information content (AvgIpc) is 2.72. The number of unbranched alkanes of at least 4 members (excludes halogenated alkanes) is 5. The molecule has 1 N–H and O–H groups in total. The first-order valence-corrected chi connectivity index (χ1v) is 10.8. The van der Waals surface area contributed by atoms with Gasteiger partial charge in [-0.2, -0.15) is 0 Å². The first-order chi connectivity index (χ1) is 13.3. The largest absolute Gasteiger partial charge is 0.493 e. The van der Waals surface area contributed by atoms with Gasteiger partial charge in [-0.05, 0) is 42.6 Å². The van der Waals surface area contributed by atoms with E-state index in [0.717, 1.165) is 31.7 Å². The monoisotopic (exact) mass is 367 g/mol. The first-order valence-electron chi connectivity index (χ1n) is 10.8. The van der Waals surface area contributed by atoms with Gasteiger partial charge in [-0.3, -0.25) is 0 Å². The fourth-order valence-corrected chi connectivity index (χ4v) is 3.41. The van der Waals surface area contributed by atoms with Crippen molar-refractivity contribution in [3.05, 3.63) is 65.7 Å². The second kappa shape index (κ2) is 13.4. The quantitative estimate of drug-likeness (QED) is 0.375. The fourth-order valence-electron chi connectivity index (χ4n) is 3.41. The van der Waals surface area contributed by atoms with E-state index in [1.807, 2.05) is 6.07 Å². The van der Waals surface area contributed by atoms with Gasteiger partial charge in [-0.15, -0.1) is 0 Å². The van der Waals surface area contributed by atoms with E-state index in [0.29, 0.717) is 6.04 Å². The van der Waals surface area contributed by atoms with Crippen LogP contribution in [0, 0.1) is 0 Å². The summed E-state index contributed by atoms with van der Waals surface area (Å²) in [4.78, 5) is 0. The predicted octanol–water partition coefficient (Wildman–Crippen LogP) is 6.71. The van der Waals surface area contributed by atoms with E-state index in [1.165, 1.54) is 49.7 Å². The van der Waals surface area contributed by atoms with E-state index >= 15 is 0 Å². The summed E-state index contributed by atoms with van der Waals surface area (Å²) >= 11 is 0. The maximum atomic E-state index is 5.90. The lowest BCUT2D eigenvalue weighted by atomic mass is 10.0. The summed E-state index contributed by atoms with van der Waals surface area (Å²) in [5, 5.41) is 3.72. The highest BCUT2D eigenvalue weighted by molar-refractivity contribution is 5.29. The maximum absolute atomic E-state index is 5.90. The number of ether oxygens (including phenoxy) is 1. The molecule has 0 aliphatic carbocycles. The van der Waals surface area contributed by atoms with Crippen molar-refractivity contribution in [1.82, 2.24) is 5.32 Å². The van der Waals surface area contributed by atoms with Crippen LogP contribution in [0.1, 0.15) is 76.0 Å². The van der Waals surface area contributed by atoms with Crippen LogP contribution in [0.2, 0.25) is 0 Å². The molecular weight excluding hydrogens is 330 g/mol. The molecule has 2 rings (SSSR count). The summed E-state index contributed by atoms with van der Waals surface area (Å²) in [6.07, 6.45) is 10.1. The Morgan fingerprint density at radius 2 is 1.52 bits per heavy atom. The van der Waals surface area contributed by atoms with E-state index in [-0.39, 0.29) is 0 Å². The van der Waals surface area contributed by atoms with Crippen molar-refractivity contribution in [2.24, 2.45) is 0 Å². The van der Waals surface area contributed by atoms with Crippen molar-refractivity contribution in [3.8, 4) is 5.75 Å².